The average Bonchev–Trinajstić information content (AvgIpc) is 2.27. The first kappa shape index (κ1) is 12.8. The first-order valence-electron chi connectivity index (χ1n) is 4.90. The summed E-state index contributed by atoms with van der Waals surface area (Å²) >= 11 is 6.19. The molecule has 0 radical (unpaired) electrons. The lowest BCUT2D eigenvalue weighted by Gasteiger charge is -2.16. The molecule has 0 aliphatic heterocycles. The van der Waals surface area contributed by atoms with E-state index in [1.54, 1.807) is 7.11 Å². The minimum atomic E-state index is 0.311. The largest absolute Gasteiger partial charge is 0.495 e. The second-order valence-corrected chi connectivity index (χ2v) is 3.99. The molecule has 86 valence electrons. The minimum absolute atomic E-state index is 0.311. The van der Waals surface area contributed by atoms with Gasteiger partial charge in [-0.25, -0.2) is 9.79 Å². The normalized spacial score (nSPS) is 9.81. The number of aliphatic imine (C=N–C) groups is 1. The molecule has 1 aromatic carbocycles. The molecule has 0 unspecified atom stereocenters. The Morgan fingerprint density at radius 1 is 1.25 bits per heavy atom. The van der Waals surface area contributed by atoms with Gasteiger partial charge >= 0.3 is 0 Å². The van der Waals surface area contributed by atoms with Crippen LogP contribution in [0, 0.1) is 20.8 Å². The van der Waals surface area contributed by atoms with Gasteiger partial charge in [0.05, 0.1) is 18.7 Å². The van der Waals surface area contributed by atoms with Crippen LogP contribution in [0.2, 0.25) is 5.02 Å². The van der Waals surface area contributed by atoms with Gasteiger partial charge in [-0.05, 0) is 43.0 Å². The number of methoxy groups -OCH3 is 1. The Morgan fingerprint density at radius 2 is 1.88 bits per heavy atom. The van der Waals surface area contributed by atoms with Crippen molar-refractivity contribution in [1.29, 1.82) is 0 Å². The summed E-state index contributed by atoms with van der Waals surface area (Å²) in [6, 6.07) is 0. The highest BCUT2D eigenvalue weighted by Crippen LogP contribution is 2.36. The number of halogens is 1. The predicted octanol–water partition coefficient (Wildman–Crippen LogP) is 3.11. The number of ether oxygens (including phenoxy) is 1. The molecule has 0 fully saturated rings. The van der Waals surface area contributed by atoms with E-state index in [2.05, 4.69) is 4.99 Å². The third-order valence-electron chi connectivity index (χ3n) is 2.84. The Bertz CT molecular complexity index is 434. The van der Waals surface area contributed by atoms with Crippen molar-refractivity contribution in [3.63, 3.8) is 0 Å². The summed E-state index contributed by atoms with van der Waals surface area (Å²) in [4.78, 5) is 13.7. The van der Waals surface area contributed by atoms with Crippen molar-refractivity contribution < 1.29 is 9.53 Å². The summed E-state index contributed by atoms with van der Waals surface area (Å²) in [7, 11) is 1.59. The van der Waals surface area contributed by atoms with E-state index in [-0.39, 0.29) is 0 Å². The Balaban J connectivity index is 3.46. The van der Waals surface area contributed by atoms with E-state index in [0.717, 1.165) is 22.3 Å². The van der Waals surface area contributed by atoms with Gasteiger partial charge in [0, 0.05) is 0 Å². The first-order chi connectivity index (χ1) is 7.54. The average molecular weight is 240 g/mol. The van der Waals surface area contributed by atoms with Crippen molar-refractivity contribution >= 4 is 17.7 Å². The van der Waals surface area contributed by atoms with Gasteiger partial charge in [0.2, 0.25) is 6.08 Å². The summed E-state index contributed by atoms with van der Waals surface area (Å²) in [5, 5.41) is 0.585. The van der Waals surface area contributed by atoms with Gasteiger partial charge in [0.25, 0.3) is 0 Å². The molecule has 0 spiro atoms. The number of rotatable bonds is 3. The van der Waals surface area contributed by atoms with Crippen LogP contribution in [0.25, 0.3) is 0 Å². The smallest absolute Gasteiger partial charge is 0.235 e. The molecule has 0 amide bonds. The number of benzene rings is 1. The molecule has 0 heterocycles. The quantitative estimate of drug-likeness (QED) is 0.601. The van der Waals surface area contributed by atoms with E-state index in [9.17, 15) is 4.79 Å². The van der Waals surface area contributed by atoms with Crippen molar-refractivity contribution in [3.8, 4) is 5.75 Å². The third kappa shape index (κ3) is 2.11. The fraction of sp³-hybridized carbons (Fsp3) is 0.417. The highest BCUT2D eigenvalue weighted by Gasteiger charge is 2.15. The first-order valence-corrected chi connectivity index (χ1v) is 5.28. The number of carbonyl (C=O) groups excluding carboxylic acids is 1. The van der Waals surface area contributed by atoms with E-state index in [0.29, 0.717) is 17.3 Å². The van der Waals surface area contributed by atoms with Gasteiger partial charge < -0.3 is 4.74 Å². The van der Waals surface area contributed by atoms with Crippen molar-refractivity contribution in [2.75, 3.05) is 7.11 Å². The summed E-state index contributed by atoms with van der Waals surface area (Å²) in [6.45, 7) is 6.11. The molecule has 16 heavy (non-hydrogen) atoms. The van der Waals surface area contributed by atoms with E-state index in [4.69, 9.17) is 16.3 Å². The van der Waals surface area contributed by atoms with Crippen LogP contribution in [0.5, 0.6) is 5.75 Å². The summed E-state index contributed by atoms with van der Waals surface area (Å²) in [5.74, 6) is 0.690. The van der Waals surface area contributed by atoms with Crippen LogP contribution < -0.4 is 4.74 Å². The standard InChI is InChI=1S/C12H14ClNO2/c1-7-8(2)12(16-4)11(13)9(3)10(7)5-14-6-15/h5H2,1-4H3. The third-order valence-corrected chi connectivity index (χ3v) is 3.30. The maximum absolute atomic E-state index is 10.1. The minimum Gasteiger partial charge on any atom is -0.495 e. The molecule has 0 atom stereocenters. The Kier molecular flexibility index (Phi) is 4.11. The predicted molar refractivity (Wildman–Crippen MR) is 64.0 cm³/mol. The van der Waals surface area contributed by atoms with Crippen molar-refractivity contribution in [2.45, 2.75) is 27.3 Å². The lowest BCUT2D eigenvalue weighted by molar-refractivity contribution is 0.411. The molecule has 0 saturated carbocycles. The zero-order valence-electron chi connectivity index (χ0n) is 9.85. The Hall–Kier alpha value is -1.31. The molecule has 0 bridgehead atoms. The number of hydrogen-bond donors (Lipinski definition) is 0. The topological polar surface area (TPSA) is 38.7 Å². The zero-order valence-corrected chi connectivity index (χ0v) is 10.6. The van der Waals surface area contributed by atoms with Crippen LogP contribution in [0.15, 0.2) is 4.99 Å². The van der Waals surface area contributed by atoms with Gasteiger partial charge in [0.15, 0.2) is 0 Å². The van der Waals surface area contributed by atoms with Gasteiger partial charge in [0.1, 0.15) is 5.75 Å². The van der Waals surface area contributed by atoms with Crippen LogP contribution in [-0.4, -0.2) is 13.2 Å². The molecular formula is C12H14ClNO2. The molecule has 1 aromatic rings. The molecule has 0 aliphatic rings. The summed E-state index contributed by atoms with van der Waals surface area (Å²) in [5.41, 5.74) is 3.90. The number of isocyanates is 1. The van der Waals surface area contributed by atoms with Gasteiger partial charge in [-0.15, -0.1) is 0 Å². The second-order valence-electron chi connectivity index (χ2n) is 3.61. The van der Waals surface area contributed by atoms with E-state index in [1.807, 2.05) is 20.8 Å². The van der Waals surface area contributed by atoms with Crippen LogP contribution >= 0.6 is 11.6 Å². The van der Waals surface area contributed by atoms with E-state index < -0.39 is 0 Å². The monoisotopic (exact) mass is 239 g/mol. The zero-order chi connectivity index (χ0) is 12.3. The second kappa shape index (κ2) is 5.15. The maximum Gasteiger partial charge on any atom is 0.235 e. The molecular weight excluding hydrogens is 226 g/mol. The van der Waals surface area contributed by atoms with Crippen LogP contribution in [0.4, 0.5) is 0 Å². The van der Waals surface area contributed by atoms with Crippen molar-refractivity contribution in [3.05, 3.63) is 27.3 Å². The van der Waals surface area contributed by atoms with Crippen molar-refractivity contribution in [1.82, 2.24) is 0 Å². The van der Waals surface area contributed by atoms with Crippen molar-refractivity contribution in [2.24, 2.45) is 4.99 Å². The van der Waals surface area contributed by atoms with Crippen LogP contribution in [-0.2, 0) is 11.3 Å². The lowest BCUT2D eigenvalue weighted by Crippen LogP contribution is -2.00. The van der Waals surface area contributed by atoms with Gasteiger partial charge in [-0.1, -0.05) is 11.6 Å². The molecule has 3 nitrogen and oxygen atoms in total. The van der Waals surface area contributed by atoms with Gasteiger partial charge in [-0.2, -0.15) is 0 Å². The Labute approximate surface area is 100 Å². The molecule has 0 N–H and O–H groups in total. The molecule has 4 heteroatoms. The maximum atomic E-state index is 10.1. The van der Waals surface area contributed by atoms with Crippen LogP contribution in [0.3, 0.4) is 0 Å². The fourth-order valence-corrected chi connectivity index (χ4v) is 2.07. The lowest BCUT2D eigenvalue weighted by atomic mass is 9.97. The molecule has 0 aliphatic carbocycles. The van der Waals surface area contributed by atoms with E-state index >= 15 is 0 Å². The molecule has 0 aromatic heterocycles. The summed E-state index contributed by atoms with van der Waals surface area (Å²) in [6.07, 6.45) is 1.54. The summed E-state index contributed by atoms with van der Waals surface area (Å²) < 4.78 is 5.26. The number of hydrogen-bond acceptors (Lipinski definition) is 3. The number of nitrogens with zero attached hydrogens (tertiary/aromatic N) is 1. The highest BCUT2D eigenvalue weighted by molar-refractivity contribution is 6.33. The molecule has 1 rings (SSSR count). The Morgan fingerprint density at radius 3 is 2.38 bits per heavy atom. The SMILES string of the molecule is COc1c(C)c(C)c(CN=C=O)c(C)c1Cl. The molecule has 0 saturated heterocycles. The van der Waals surface area contributed by atoms with E-state index in [1.165, 1.54) is 6.08 Å². The van der Waals surface area contributed by atoms with Crippen LogP contribution in [0.1, 0.15) is 22.3 Å². The fourth-order valence-electron chi connectivity index (χ4n) is 1.74. The highest BCUT2D eigenvalue weighted by atomic mass is 35.5. The van der Waals surface area contributed by atoms with Gasteiger partial charge in [-0.3, -0.25) is 0 Å².